The first-order valence-electron chi connectivity index (χ1n) is 13.2. The maximum Gasteiger partial charge on any atom is 0.407 e. The molecule has 0 aliphatic rings. The monoisotopic (exact) mass is 528 g/mol. The smallest absolute Gasteiger partial charge is 0.407 e. The van der Waals surface area contributed by atoms with Crippen LogP contribution >= 0.6 is 0 Å². The van der Waals surface area contributed by atoms with Gasteiger partial charge in [0.2, 0.25) is 0 Å². The van der Waals surface area contributed by atoms with Gasteiger partial charge >= 0.3 is 6.09 Å². The van der Waals surface area contributed by atoms with E-state index in [1.165, 1.54) is 0 Å². The van der Waals surface area contributed by atoms with Crippen LogP contribution in [-0.2, 0) is 39.8 Å². The lowest BCUT2D eigenvalue weighted by atomic mass is 10.2. The Kier molecular flexibility index (Phi) is 21.0. The van der Waals surface area contributed by atoms with E-state index in [0.29, 0.717) is 85.8 Å². The van der Waals surface area contributed by atoms with Crippen molar-refractivity contribution in [1.29, 1.82) is 0 Å². The number of hydrogen-bond acceptors (Lipinski definition) is 9. The van der Waals surface area contributed by atoms with Gasteiger partial charge in [0.25, 0.3) is 0 Å². The fourth-order valence-electron chi connectivity index (χ4n) is 2.85. The van der Waals surface area contributed by atoms with Gasteiger partial charge < -0.3 is 43.8 Å². The van der Waals surface area contributed by atoms with Gasteiger partial charge in [0, 0.05) is 13.1 Å². The Bertz CT molecular complexity index is 643. The average Bonchev–Trinajstić information content (AvgIpc) is 2.86. The standard InChI is InChI=1S/C27H48N2O8/c1-27(2,3)37-26(30)29-11-7-10-28-12-13-31-14-15-32-16-17-33-18-19-34-20-21-35-22-23-36-24-25-8-5-4-6-9-25/h4-6,8-9,28H,7,10-24H2,1-3H3,(H,29,30). The van der Waals surface area contributed by atoms with Gasteiger partial charge in [-0.05, 0) is 39.3 Å². The Morgan fingerprint density at radius 2 is 1.14 bits per heavy atom. The molecule has 0 aliphatic heterocycles. The summed E-state index contributed by atoms with van der Waals surface area (Å²) in [5.41, 5.74) is 0.689. The SMILES string of the molecule is CC(C)(C)OC(=O)NCCCNCCOCCOCCOCCOCCOCCOCc1ccccc1. The van der Waals surface area contributed by atoms with E-state index in [9.17, 15) is 4.79 Å². The average molecular weight is 529 g/mol. The van der Waals surface area contributed by atoms with Crippen LogP contribution in [0.25, 0.3) is 0 Å². The lowest BCUT2D eigenvalue weighted by molar-refractivity contribution is -0.0175. The third-order valence-electron chi connectivity index (χ3n) is 4.59. The number of amides is 1. The summed E-state index contributed by atoms with van der Waals surface area (Å²) < 4.78 is 38.1. The van der Waals surface area contributed by atoms with Crippen LogP contribution in [0.2, 0.25) is 0 Å². The lowest BCUT2D eigenvalue weighted by Crippen LogP contribution is -2.34. The summed E-state index contributed by atoms with van der Waals surface area (Å²) in [7, 11) is 0. The van der Waals surface area contributed by atoms with Crippen LogP contribution in [0.1, 0.15) is 32.8 Å². The van der Waals surface area contributed by atoms with E-state index in [-0.39, 0.29) is 6.09 Å². The van der Waals surface area contributed by atoms with Crippen LogP contribution < -0.4 is 10.6 Å². The molecule has 0 unspecified atom stereocenters. The Balaban J connectivity index is 1.67. The molecule has 0 saturated heterocycles. The molecule has 0 bridgehead atoms. The van der Waals surface area contributed by atoms with Gasteiger partial charge in [-0.15, -0.1) is 0 Å². The van der Waals surface area contributed by atoms with E-state index in [0.717, 1.165) is 25.1 Å². The summed E-state index contributed by atoms with van der Waals surface area (Å²) in [4.78, 5) is 11.5. The van der Waals surface area contributed by atoms with Gasteiger partial charge in [0.1, 0.15) is 5.60 Å². The van der Waals surface area contributed by atoms with Crippen LogP contribution in [0.5, 0.6) is 0 Å². The second-order valence-corrected chi connectivity index (χ2v) is 9.13. The zero-order valence-electron chi connectivity index (χ0n) is 23.0. The maximum atomic E-state index is 11.5. The highest BCUT2D eigenvalue weighted by Crippen LogP contribution is 2.06. The Hall–Kier alpha value is -1.79. The number of rotatable bonds is 24. The molecule has 0 heterocycles. The minimum absolute atomic E-state index is 0.382. The molecule has 1 aromatic rings. The highest BCUT2D eigenvalue weighted by Gasteiger charge is 2.15. The highest BCUT2D eigenvalue weighted by molar-refractivity contribution is 5.67. The third kappa shape index (κ3) is 24.3. The van der Waals surface area contributed by atoms with Crippen molar-refractivity contribution in [2.45, 2.75) is 39.4 Å². The summed E-state index contributed by atoms with van der Waals surface area (Å²) in [6, 6.07) is 10.1. The molecule has 1 aromatic carbocycles. The summed E-state index contributed by atoms with van der Waals surface area (Å²) in [5.74, 6) is 0. The Labute approximate surface area is 222 Å². The predicted molar refractivity (Wildman–Crippen MR) is 142 cm³/mol. The topological polar surface area (TPSA) is 106 Å². The fraction of sp³-hybridized carbons (Fsp3) is 0.741. The molecule has 0 atom stereocenters. The van der Waals surface area contributed by atoms with E-state index in [1.54, 1.807) is 0 Å². The number of nitrogens with one attached hydrogen (secondary N) is 2. The summed E-state index contributed by atoms with van der Waals surface area (Å²) in [6.07, 6.45) is 0.444. The lowest BCUT2D eigenvalue weighted by Gasteiger charge is -2.19. The zero-order valence-corrected chi connectivity index (χ0v) is 23.0. The van der Waals surface area contributed by atoms with E-state index >= 15 is 0 Å². The van der Waals surface area contributed by atoms with Gasteiger partial charge in [-0.2, -0.15) is 0 Å². The minimum Gasteiger partial charge on any atom is -0.444 e. The molecule has 0 radical (unpaired) electrons. The van der Waals surface area contributed by atoms with Crippen molar-refractivity contribution < 1.29 is 38.0 Å². The zero-order chi connectivity index (χ0) is 26.9. The summed E-state index contributed by atoms with van der Waals surface area (Å²) in [5, 5.41) is 6.00. The molecule has 0 spiro atoms. The van der Waals surface area contributed by atoms with E-state index in [2.05, 4.69) is 10.6 Å². The molecule has 10 nitrogen and oxygen atoms in total. The van der Waals surface area contributed by atoms with Crippen LogP contribution in [0.15, 0.2) is 30.3 Å². The van der Waals surface area contributed by atoms with Crippen LogP contribution in [0.3, 0.4) is 0 Å². The molecule has 1 rings (SSSR count). The van der Waals surface area contributed by atoms with Crippen molar-refractivity contribution in [3.63, 3.8) is 0 Å². The quantitative estimate of drug-likeness (QED) is 0.196. The van der Waals surface area contributed by atoms with E-state index in [1.807, 2.05) is 51.1 Å². The van der Waals surface area contributed by atoms with Crippen molar-refractivity contribution in [3.05, 3.63) is 35.9 Å². The van der Waals surface area contributed by atoms with Gasteiger partial charge in [-0.25, -0.2) is 4.79 Å². The molecule has 214 valence electrons. The van der Waals surface area contributed by atoms with Crippen LogP contribution in [0, 0.1) is 0 Å². The molecular formula is C27H48N2O8. The Morgan fingerprint density at radius 3 is 1.65 bits per heavy atom. The first-order valence-corrected chi connectivity index (χ1v) is 13.2. The van der Waals surface area contributed by atoms with Crippen LogP contribution in [0.4, 0.5) is 4.79 Å². The number of ether oxygens (including phenoxy) is 7. The first-order chi connectivity index (χ1) is 18.0. The fourth-order valence-corrected chi connectivity index (χ4v) is 2.85. The van der Waals surface area contributed by atoms with Crippen molar-refractivity contribution in [2.24, 2.45) is 0 Å². The second-order valence-electron chi connectivity index (χ2n) is 9.13. The van der Waals surface area contributed by atoms with E-state index < -0.39 is 5.60 Å². The second kappa shape index (κ2) is 23.3. The van der Waals surface area contributed by atoms with Gasteiger partial charge in [-0.3, -0.25) is 0 Å². The van der Waals surface area contributed by atoms with Gasteiger partial charge in [0.05, 0.1) is 79.3 Å². The largest absolute Gasteiger partial charge is 0.444 e. The van der Waals surface area contributed by atoms with Crippen molar-refractivity contribution >= 4 is 6.09 Å². The maximum absolute atomic E-state index is 11.5. The van der Waals surface area contributed by atoms with E-state index in [4.69, 9.17) is 33.2 Å². The Morgan fingerprint density at radius 1 is 0.649 bits per heavy atom. The van der Waals surface area contributed by atoms with Crippen molar-refractivity contribution in [3.8, 4) is 0 Å². The van der Waals surface area contributed by atoms with Crippen LogP contribution in [-0.4, -0.2) is 104 Å². The number of hydrogen-bond donors (Lipinski definition) is 2. The minimum atomic E-state index is -0.471. The molecule has 0 fully saturated rings. The number of benzene rings is 1. The van der Waals surface area contributed by atoms with Gasteiger partial charge in [-0.1, -0.05) is 30.3 Å². The normalized spacial score (nSPS) is 11.5. The molecule has 0 aliphatic carbocycles. The van der Waals surface area contributed by atoms with Crippen molar-refractivity contribution in [2.75, 3.05) is 92.3 Å². The summed E-state index contributed by atoms with van der Waals surface area (Å²) >= 11 is 0. The van der Waals surface area contributed by atoms with Crippen molar-refractivity contribution in [1.82, 2.24) is 10.6 Å². The number of alkyl carbamates (subject to hydrolysis) is 1. The molecule has 0 aromatic heterocycles. The third-order valence-corrected chi connectivity index (χ3v) is 4.59. The molecule has 1 amide bonds. The molecule has 10 heteroatoms. The predicted octanol–water partition coefficient (Wildman–Crippen LogP) is 2.79. The molecule has 2 N–H and O–H groups in total. The van der Waals surface area contributed by atoms with Gasteiger partial charge in [0.15, 0.2) is 0 Å². The summed E-state index contributed by atoms with van der Waals surface area (Å²) in [6.45, 7) is 14.3. The first kappa shape index (κ1) is 33.2. The molecular weight excluding hydrogens is 480 g/mol. The number of carbonyl (C=O) groups excluding carboxylic acids is 1. The number of carbonyl (C=O) groups is 1. The highest BCUT2D eigenvalue weighted by atomic mass is 16.6. The molecule has 0 saturated carbocycles. The molecule has 37 heavy (non-hydrogen) atoms.